The number of carbonyl (C=O) groups is 1. The number of aromatic nitrogens is 2. The molecule has 1 atom stereocenters. The molecule has 1 amide bonds. The molecule has 42 heavy (non-hydrogen) atoms. The van der Waals surface area contributed by atoms with E-state index in [9.17, 15) is 23.2 Å². The fraction of sp³-hybridized carbons (Fsp3) is 0.258. The van der Waals surface area contributed by atoms with Gasteiger partial charge in [-0.05, 0) is 84.8 Å². The number of carbonyl (C=O) groups excluding carboxylic acids is 1. The van der Waals surface area contributed by atoms with Crippen LogP contribution in [0.2, 0.25) is 0 Å². The summed E-state index contributed by atoms with van der Waals surface area (Å²) in [6.07, 6.45) is -2.61. The Bertz CT molecular complexity index is 1670. The summed E-state index contributed by atoms with van der Waals surface area (Å²) < 4.78 is 56.7. The predicted octanol–water partition coefficient (Wildman–Crippen LogP) is 6.01. The molecule has 1 fully saturated rings. The fourth-order valence-electron chi connectivity index (χ4n) is 4.67. The summed E-state index contributed by atoms with van der Waals surface area (Å²) in [6, 6.07) is 18.4. The highest BCUT2D eigenvalue weighted by atomic mass is 19.4. The van der Waals surface area contributed by atoms with Crippen molar-refractivity contribution < 1.29 is 22.4 Å². The molecule has 4 aromatic rings. The van der Waals surface area contributed by atoms with Gasteiger partial charge in [0.05, 0.1) is 29.0 Å². The van der Waals surface area contributed by atoms with Crippen molar-refractivity contribution in [2.24, 2.45) is 11.7 Å². The van der Waals surface area contributed by atoms with Crippen molar-refractivity contribution >= 4 is 11.6 Å². The van der Waals surface area contributed by atoms with Crippen LogP contribution in [0.25, 0.3) is 5.69 Å². The highest BCUT2D eigenvalue weighted by Gasteiger charge is 2.36. The highest BCUT2D eigenvalue weighted by Crippen LogP contribution is 2.33. The third kappa shape index (κ3) is 6.35. The molecule has 5 rings (SSSR count). The highest BCUT2D eigenvalue weighted by molar-refractivity contribution is 6.03. The number of benzene rings is 3. The first-order valence-corrected chi connectivity index (χ1v) is 13.4. The lowest BCUT2D eigenvalue weighted by Gasteiger charge is -2.22. The van der Waals surface area contributed by atoms with Gasteiger partial charge in [-0.2, -0.15) is 23.5 Å². The second-order valence-electron chi connectivity index (χ2n) is 10.4. The van der Waals surface area contributed by atoms with Gasteiger partial charge >= 0.3 is 6.18 Å². The lowest BCUT2D eigenvalue weighted by atomic mass is 9.95. The van der Waals surface area contributed by atoms with Crippen LogP contribution in [0.1, 0.15) is 62.9 Å². The van der Waals surface area contributed by atoms with Crippen LogP contribution < -0.4 is 16.4 Å². The molecule has 11 heteroatoms. The van der Waals surface area contributed by atoms with Crippen molar-refractivity contribution in [1.29, 1.82) is 5.26 Å². The summed E-state index contributed by atoms with van der Waals surface area (Å²) >= 11 is 0. The molecule has 0 saturated heterocycles. The molecule has 0 aliphatic heterocycles. The number of nitriles is 1. The van der Waals surface area contributed by atoms with E-state index in [4.69, 9.17) is 5.73 Å². The molecule has 1 unspecified atom stereocenters. The Labute approximate surface area is 240 Å². The van der Waals surface area contributed by atoms with Gasteiger partial charge < -0.3 is 16.4 Å². The number of halogens is 4. The monoisotopic (exact) mass is 576 g/mol. The number of rotatable bonds is 9. The van der Waals surface area contributed by atoms with Crippen molar-refractivity contribution in [3.8, 4) is 11.8 Å². The summed E-state index contributed by atoms with van der Waals surface area (Å²) in [5, 5.41) is 19.1. The molecule has 216 valence electrons. The zero-order chi connectivity index (χ0) is 30.0. The minimum atomic E-state index is -4.81. The van der Waals surface area contributed by atoms with Crippen LogP contribution in [-0.2, 0) is 12.7 Å². The smallest absolute Gasteiger partial charge is 0.326 e. The number of hydrogen-bond donors (Lipinski definition) is 3. The number of amides is 1. The van der Waals surface area contributed by atoms with Crippen LogP contribution in [0, 0.1) is 30.0 Å². The Morgan fingerprint density at radius 2 is 1.86 bits per heavy atom. The number of alkyl halides is 3. The average molecular weight is 577 g/mol. The van der Waals surface area contributed by atoms with Crippen molar-refractivity contribution in [2.45, 2.75) is 38.5 Å². The SMILES string of the molecule is Cc1ccc(C(NCC2CC2)c2ccc(F)c(NC(=O)c3cc(C(F)(F)F)nn3-c3cccc(CN)c3)c2)cc1C#N. The van der Waals surface area contributed by atoms with Gasteiger partial charge in [-0.1, -0.05) is 30.3 Å². The third-order valence-electron chi connectivity index (χ3n) is 7.22. The van der Waals surface area contributed by atoms with Gasteiger partial charge in [-0.3, -0.25) is 4.79 Å². The summed E-state index contributed by atoms with van der Waals surface area (Å²) in [5.41, 5.74) is 7.33. The van der Waals surface area contributed by atoms with E-state index in [-0.39, 0.29) is 17.9 Å². The standard InChI is InChI=1S/C31H28F4N6O/c1-18-5-8-21(12-23(18)16-37)29(38-17-19-6-7-19)22-9-10-25(32)26(13-22)39-30(42)27-14-28(31(33,34)35)40-41(27)24-4-2-3-20(11-24)15-36/h2-5,8-14,19,29,38H,6-7,15,17,36H2,1H3,(H,39,42). The minimum Gasteiger partial charge on any atom is -0.326 e. The molecular weight excluding hydrogens is 548 g/mol. The first-order valence-electron chi connectivity index (χ1n) is 13.4. The number of nitrogens with two attached hydrogens (primary N) is 1. The predicted molar refractivity (Wildman–Crippen MR) is 149 cm³/mol. The van der Waals surface area contributed by atoms with Crippen LogP contribution in [-0.4, -0.2) is 22.2 Å². The van der Waals surface area contributed by atoms with Crippen LogP contribution in [0.3, 0.4) is 0 Å². The van der Waals surface area contributed by atoms with Crippen LogP contribution in [0.4, 0.5) is 23.2 Å². The molecule has 1 aliphatic rings. The maximum Gasteiger partial charge on any atom is 0.435 e. The van der Waals surface area contributed by atoms with E-state index in [1.165, 1.54) is 24.3 Å². The number of hydrogen-bond acceptors (Lipinski definition) is 5. The van der Waals surface area contributed by atoms with Gasteiger partial charge in [0.25, 0.3) is 5.91 Å². The Morgan fingerprint density at radius 3 is 2.55 bits per heavy atom. The molecule has 3 aromatic carbocycles. The Kier molecular flexibility index (Phi) is 8.11. The van der Waals surface area contributed by atoms with E-state index >= 15 is 4.39 Å². The summed E-state index contributed by atoms with van der Waals surface area (Å²) in [6.45, 7) is 2.68. The second-order valence-corrected chi connectivity index (χ2v) is 10.4. The number of aryl methyl sites for hydroxylation is 1. The number of nitrogens with zero attached hydrogens (tertiary/aromatic N) is 3. The first kappa shape index (κ1) is 29.0. The van der Waals surface area contributed by atoms with Crippen molar-refractivity contribution in [1.82, 2.24) is 15.1 Å². The normalized spacial score (nSPS) is 13.9. The fourth-order valence-corrected chi connectivity index (χ4v) is 4.67. The lowest BCUT2D eigenvalue weighted by molar-refractivity contribution is -0.141. The quantitative estimate of drug-likeness (QED) is 0.212. The maximum absolute atomic E-state index is 15.0. The molecule has 0 radical (unpaired) electrons. The first-order chi connectivity index (χ1) is 20.1. The molecule has 1 aliphatic carbocycles. The molecular formula is C31H28F4N6O. The molecule has 0 spiro atoms. The Morgan fingerprint density at radius 1 is 1.12 bits per heavy atom. The van der Waals surface area contributed by atoms with Gasteiger partial charge in [-0.15, -0.1) is 0 Å². The topological polar surface area (TPSA) is 109 Å². The van der Waals surface area contributed by atoms with Crippen LogP contribution >= 0.6 is 0 Å². The van der Waals surface area contributed by atoms with Gasteiger partial charge in [0.1, 0.15) is 11.5 Å². The van der Waals surface area contributed by atoms with Crippen molar-refractivity contribution in [3.63, 3.8) is 0 Å². The molecule has 1 heterocycles. The third-order valence-corrected chi connectivity index (χ3v) is 7.22. The van der Waals surface area contributed by atoms with Crippen molar-refractivity contribution in [2.75, 3.05) is 11.9 Å². The average Bonchev–Trinajstić information content (AvgIpc) is 3.68. The minimum absolute atomic E-state index is 0.133. The van der Waals surface area contributed by atoms with Crippen LogP contribution in [0.15, 0.2) is 66.7 Å². The molecule has 1 saturated carbocycles. The molecule has 7 nitrogen and oxygen atoms in total. The van der Waals surface area contributed by atoms with Crippen molar-refractivity contribution in [3.05, 3.63) is 112 Å². The van der Waals surface area contributed by atoms with E-state index in [0.717, 1.165) is 28.7 Å². The van der Waals surface area contributed by atoms with E-state index < -0.39 is 35.3 Å². The summed E-state index contributed by atoms with van der Waals surface area (Å²) in [7, 11) is 0. The van der Waals surface area contributed by atoms with Gasteiger partial charge in [-0.25, -0.2) is 9.07 Å². The zero-order valence-electron chi connectivity index (χ0n) is 22.7. The Balaban J connectivity index is 1.50. The molecule has 0 bridgehead atoms. The number of nitrogens with one attached hydrogen (secondary N) is 2. The van der Waals surface area contributed by atoms with E-state index in [1.54, 1.807) is 24.3 Å². The van der Waals surface area contributed by atoms with Gasteiger partial charge in [0.15, 0.2) is 5.69 Å². The van der Waals surface area contributed by atoms with E-state index in [2.05, 4.69) is 21.8 Å². The van der Waals surface area contributed by atoms with E-state index in [0.29, 0.717) is 35.2 Å². The van der Waals surface area contributed by atoms with E-state index in [1.807, 2.05) is 19.1 Å². The van der Waals surface area contributed by atoms with Gasteiger partial charge in [0, 0.05) is 12.6 Å². The largest absolute Gasteiger partial charge is 0.435 e. The second kappa shape index (κ2) is 11.8. The summed E-state index contributed by atoms with van der Waals surface area (Å²) in [5.74, 6) is -1.22. The molecule has 1 aromatic heterocycles. The summed E-state index contributed by atoms with van der Waals surface area (Å²) in [4.78, 5) is 13.4. The lowest BCUT2D eigenvalue weighted by Crippen LogP contribution is -2.25. The van der Waals surface area contributed by atoms with Gasteiger partial charge in [0.2, 0.25) is 0 Å². The Hall–Kier alpha value is -4.53. The van der Waals surface area contributed by atoms with Crippen LogP contribution in [0.5, 0.6) is 0 Å². The zero-order valence-corrected chi connectivity index (χ0v) is 22.7. The number of anilines is 1. The molecule has 4 N–H and O–H groups in total. The maximum atomic E-state index is 15.0.